The van der Waals surface area contributed by atoms with Crippen molar-refractivity contribution >= 4 is 50.9 Å². The summed E-state index contributed by atoms with van der Waals surface area (Å²) in [6, 6.07) is 11.9. The van der Waals surface area contributed by atoms with E-state index in [1.165, 1.54) is 0 Å². The Labute approximate surface area is 296 Å². The topological polar surface area (TPSA) is 86.4 Å². The van der Waals surface area contributed by atoms with Crippen LogP contribution < -0.4 is 10.1 Å². The molecule has 4 fully saturated rings. The number of pyridine rings is 1. The second-order valence-electron chi connectivity index (χ2n) is 14.2. The zero-order valence-corrected chi connectivity index (χ0v) is 29.3. The number of nitriles is 1. The van der Waals surface area contributed by atoms with Crippen LogP contribution in [0.5, 0.6) is 5.88 Å². The molecule has 5 heterocycles. The van der Waals surface area contributed by atoms with Crippen LogP contribution in [0.3, 0.4) is 0 Å². The minimum Gasteiger partial charge on any atom is -0.476 e. The molecule has 0 bridgehead atoms. The Morgan fingerprint density at radius 3 is 2.69 bits per heavy atom. The van der Waals surface area contributed by atoms with E-state index in [9.17, 15) is 10.1 Å². The van der Waals surface area contributed by atoms with Crippen molar-refractivity contribution in [2.75, 3.05) is 39.8 Å². The van der Waals surface area contributed by atoms with Crippen LogP contribution in [0.4, 0.5) is 4.39 Å². The Morgan fingerprint density at radius 2 is 1.96 bits per heavy atom. The molecule has 1 N–H and O–H groups in total. The molecule has 4 aromatic rings. The van der Waals surface area contributed by atoms with E-state index in [1.54, 1.807) is 18.2 Å². The lowest BCUT2D eigenvalue weighted by atomic mass is 9.93. The monoisotopic (exact) mass is 702 g/mol. The molecular formula is C38H41Cl2FN6O2. The van der Waals surface area contributed by atoms with Gasteiger partial charge in [0, 0.05) is 59.7 Å². The number of ether oxygens (including phenoxy) is 1. The Kier molecular flexibility index (Phi) is 8.94. The minimum absolute atomic E-state index is 0.0718. The molecular weight excluding hydrogens is 662 g/mol. The van der Waals surface area contributed by atoms with E-state index in [1.807, 2.05) is 6.07 Å². The maximum atomic E-state index is 17.4. The van der Waals surface area contributed by atoms with Gasteiger partial charge in [0.1, 0.15) is 12.1 Å². The minimum atomic E-state index is -0.510. The SMILES string of the molecule is CN1CCCC1COc1nc2c(F)c(-c3cccc(Cl)c3Cl)c(CCC#N)cc2c2c1cc(C1CCCN1C(=O)C1CC1)n2C1CCNC1. The fourth-order valence-electron chi connectivity index (χ4n) is 8.39. The van der Waals surface area contributed by atoms with Crippen LogP contribution in [0.2, 0.25) is 10.0 Å². The van der Waals surface area contributed by atoms with Gasteiger partial charge >= 0.3 is 0 Å². The Bertz CT molecular complexity index is 1980. The number of likely N-dealkylation sites (N-methyl/N-ethyl adjacent to an activating group) is 1. The molecule has 0 radical (unpaired) electrons. The Morgan fingerprint density at radius 1 is 1.12 bits per heavy atom. The third-order valence-electron chi connectivity index (χ3n) is 11.1. The summed E-state index contributed by atoms with van der Waals surface area (Å²) in [5.74, 6) is 0.272. The lowest BCUT2D eigenvalue weighted by molar-refractivity contribution is -0.133. The number of rotatable bonds is 9. The lowest BCUT2D eigenvalue weighted by Crippen LogP contribution is -2.33. The molecule has 49 heavy (non-hydrogen) atoms. The van der Waals surface area contributed by atoms with Crippen molar-refractivity contribution in [2.45, 2.75) is 75.9 Å². The molecule has 1 saturated carbocycles. The summed E-state index contributed by atoms with van der Waals surface area (Å²) in [6.45, 7) is 3.85. The average Bonchev–Trinajstić information content (AvgIpc) is 3.47. The van der Waals surface area contributed by atoms with Crippen molar-refractivity contribution < 1.29 is 13.9 Å². The zero-order valence-electron chi connectivity index (χ0n) is 27.8. The molecule has 11 heteroatoms. The lowest BCUT2D eigenvalue weighted by Gasteiger charge is -2.28. The molecule has 3 unspecified atom stereocenters. The summed E-state index contributed by atoms with van der Waals surface area (Å²) >= 11 is 13.2. The van der Waals surface area contributed by atoms with Crippen molar-refractivity contribution in [3.05, 3.63) is 57.5 Å². The molecule has 0 spiro atoms. The molecule has 4 aliphatic rings. The number of aryl methyl sites for hydroxylation is 1. The van der Waals surface area contributed by atoms with Gasteiger partial charge in [-0.15, -0.1) is 0 Å². The third-order valence-corrected chi connectivity index (χ3v) is 11.9. The molecule has 2 aromatic heterocycles. The highest BCUT2D eigenvalue weighted by molar-refractivity contribution is 6.43. The van der Waals surface area contributed by atoms with E-state index in [4.69, 9.17) is 32.9 Å². The van der Waals surface area contributed by atoms with Gasteiger partial charge in [-0.1, -0.05) is 35.3 Å². The van der Waals surface area contributed by atoms with Gasteiger partial charge in [0.2, 0.25) is 11.8 Å². The fraction of sp³-hybridized carbons (Fsp3) is 0.500. The molecule has 256 valence electrons. The predicted octanol–water partition coefficient (Wildman–Crippen LogP) is 7.84. The number of nitrogens with one attached hydrogen (secondary N) is 1. The summed E-state index contributed by atoms with van der Waals surface area (Å²) in [7, 11) is 2.11. The first kappa shape index (κ1) is 32.8. The maximum absolute atomic E-state index is 17.4. The number of halogens is 3. The van der Waals surface area contributed by atoms with Crippen LogP contribution in [-0.2, 0) is 11.2 Å². The van der Waals surface area contributed by atoms with E-state index >= 15 is 4.39 Å². The van der Waals surface area contributed by atoms with Crippen molar-refractivity contribution in [1.82, 2.24) is 24.7 Å². The van der Waals surface area contributed by atoms with Crippen LogP contribution in [0.15, 0.2) is 30.3 Å². The van der Waals surface area contributed by atoms with E-state index in [0.29, 0.717) is 46.0 Å². The van der Waals surface area contributed by atoms with Crippen LogP contribution in [-0.4, -0.2) is 71.1 Å². The van der Waals surface area contributed by atoms with Gasteiger partial charge in [0.05, 0.1) is 33.1 Å². The summed E-state index contributed by atoms with van der Waals surface area (Å²) in [5.41, 5.74) is 3.58. The van der Waals surface area contributed by atoms with Crippen LogP contribution in [0.25, 0.3) is 32.9 Å². The number of carbonyl (C=O) groups is 1. The highest BCUT2D eigenvalue weighted by atomic mass is 35.5. The first-order valence-electron chi connectivity index (χ1n) is 17.7. The fourth-order valence-corrected chi connectivity index (χ4v) is 8.79. The number of hydrogen-bond donors (Lipinski definition) is 1. The summed E-state index contributed by atoms with van der Waals surface area (Å²) < 4.78 is 26.3. The second-order valence-corrected chi connectivity index (χ2v) is 15.0. The maximum Gasteiger partial charge on any atom is 0.226 e. The molecule has 8 nitrogen and oxygen atoms in total. The molecule has 3 atom stereocenters. The highest BCUT2D eigenvalue weighted by Gasteiger charge is 2.41. The van der Waals surface area contributed by atoms with Gasteiger partial charge in [-0.3, -0.25) is 4.79 Å². The third kappa shape index (κ3) is 5.85. The molecule has 2 aromatic carbocycles. The number of benzene rings is 2. The van der Waals surface area contributed by atoms with Gasteiger partial charge in [0.15, 0.2) is 5.82 Å². The van der Waals surface area contributed by atoms with Crippen LogP contribution in [0, 0.1) is 23.1 Å². The number of amides is 1. The average molecular weight is 704 g/mol. The molecule has 8 rings (SSSR count). The summed E-state index contributed by atoms with van der Waals surface area (Å²) in [6.07, 6.45) is 7.34. The highest BCUT2D eigenvalue weighted by Crippen LogP contribution is 2.47. The molecule has 1 amide bonds. The molecule has 3 aliphatic heterocycles. The van der Waals surface area contributed by atoms with Gasteiger partial charge < -0.3 is 24.4 Å². The van der Waals surface area contributed by atoms with Crippen molar-refractivity contribution in [3.8, 4) is 23.1 Å². The second kappa shape index (κ2) is 13.4. The Hall–Kier alpha value is -3.42. The molecule has 1 aliphatic carbocycles. The first-order valence-corrected chi connectivity index (χ1v) is 18.5. The van der Waals surface area contributed by atoms with Crippen LogP contribution in [0.1, 0.15) is 74.7 Å². The number of carbonyl (C=O) groups excluding carboxylic acids is 1. The molecule has 3 saturated heterocycles. The normalized spacial score (nSPS) is 22.8. The van der Waals surface area contributed by atoms with Crippen molar-refractivity contribution in [1.29, 1.82) is 5.26 Å². The summed E-state index contributed by atoms with van der Waals surface area (Å²) in [5, 5.41) is 15.2. The Balaban J connectivity index is 1.40. The summed E-state index contributed by atoms with van der Waals surface area (Å²) in [4.78, 5) is 23.0. The van der Waals surface area contributed by atoms with E-state index in [2.05, 4.69) is 38.9 Å². The predicted molar refractivity (Wildman–Crippen MR) is 191 cm³/mol. The number of fused-ring (bicyclic) bond motifs is 3. The van der Waals surface area contributed by atoms with E-state index in [-0.39, 0.29) is 46.9 Å². The van der Waals surface area contributed by atoms with Gasteiger partial charge in [-0.2, -0.15) is 5.26 Å². The van der Waals surface area contributed by atoms with Gasteiger partial charge in [0.25, 0.3) is 0 Å². The first-order chi connectivity index (χ1) is 23.9. The van der Waals surface area contributed by atoms with E-state index < -0.39 is 5.82 Å². The van der Waals surface area contributed by atoms with Gasteiger partial charge in [-0.05, 0) is 95.3 Å². The van der Waals surface area contributed by atoms with E-state index in [0.717, 1.165) is 87.7 Å². The number of likely N-dealkylation sites (tertiary alicyclic amines) is 2. The zero-order chi connectivity index (χ0) is 33.8. The van der Waals surface area contributed by atoms with Crippen molar-refractivity contribution in [3.63, 3.8) is 0 Å². The smallest absolute Gasteiger partial charge is 0.226 e. The van der Waals surface area contributed by atoms with Gasteiger partial charge in [-0.25, -0.2) is 9.37 Å². The number of aromatic nitrogens is 2. The number of hydrogen-bond acceptors (Lipinski definition) is 6. The largest absolute Gasteiger partial charge is 0.476 e. The standard InChI is InChI=1S/C38H41Cl2FN6O2/c1-45-16-4-7-25(45)21-49-37-28-19-31(30-10-5-17-46(30)38(48)22-11-12-22)47(24-13-15-43-20-24)36(28)27-18-23(6-3-14-42)32(34(41)35(27)44-37)26-8-2-9-29(39)33(26)40/h2,8-9,18-19,22,24-25,30,43H,3-7,10-13,15-17,20-21H2,1H3. The quantitative estimate of drug-likeness (QED) is 0.191. The number of nitrogens with zero attached hydrogens (tertiary/aromatic N) is 5. The van der Waals surface area contributed by atoms with Crippen LogP contribution >= 0.6 is 23.2 Å². The van der Waals surface area contributed by atoms with Crippen molar-refractivity contribution in [2.24, 2.45) is 5.92 Å².